The van der Waals surface area contributed by atoms with Crippen LogP contribution in [-0.2, 0) is 10.0 Å². The van der Waals surface area contributed by atoms with Crippen molar-refractivity contribution in [1.29, 1.82) is 0 Å². The van der Waals surface area contributed by atoms with Gasteiger partial charge in [-0.15, -0.1) is 0 Å². The van der Waals surface area contributed by atoms with Crippen LogP contribution >= 0.6 is 11.6 Å². The third kappa shape index (κ3) is 4.18. The van der Waals surface area contributed by atoms with Crippen LogP contribution in [0.5, 0.6) is 0 Å². The van der Waals surface area contributed by atoms with Crippen molar-refractivity contribution >= 4 is 33.0 Å². The van der Waals surface area contributed by atoms with Crippen LogP contribution in [-0.4, -0.2) is 43.6 Å². The Balaban J connectivity index is 1.52. The van der Waals surface area contributed by atoms with Crippen molar-refractivity contribution < 1.29 is 8.42 Å². The maximum absolute atomic E-state index is 13.1. The third-order valence-corrected chi connectivity index (χ3v) is 8.26. The number of para-hydroxylation sites is 1. The molecule has 1 N–H and O–H groups in total. The van der Waals surface area contributed by atoms with Gasteiger partial charge in [0.2, 0.25) is 10.0 Å². The molecule has 1 fully saturated rings. The van der Waals surface area contributed by atoms with E-state index in [1.54, 1.807) is 60.5 Å². The van der Waals surface area contributed by atoms with E-state index in [4.69, 9.17) is 11.6 Å². The average Bonchev–Trinajstić information content (AvgIpc) is 2.81. The molecule has 8 nitrogen and oxygen atoms in total. The first-order valence-electron chi connectivity index (χ1n) is 10.2. The highest BCUT2D eigenvalue weighted by Gasteiger charge is 2.34. The average molecular weight is 475 g/mol. The molecule has 1 aliphatic rings. The van der Waals surface area contributed by atoms with Gasteiger partial charge in [0, 0.05) is 31.4 Å². The highest BCUT2D eigenvalue weighted by atomic mass is 35.5. The van der Waals surface area contributed by atoms with Gasteiger partial charge in [-0.25, -0.2) is 13.1 Å². The van der Waals surface area contributed by atoms with Crippen molar-refractivity contribution in [2.45, 2.75) is 18.1 Å². The number of hydrogen-bond acceptors (Lipinski definition) is 5. The zero-order valence-electron chi connectivity index (χ0n) is 17.4. The second-order valence-corrected chi connectivity index (χ2v) is 10.3. The van der Waals surface area contributed by atoms with E-state index in [9.17, 15) is 18.0 Å². The van der Waals surface area contributed by atoms with E-state index in [0.29, 0.717) is 42.3 Å². The van der Waals surface area contributed by atoms with Crippen molar-refractivity contribution in [1.82, 2.24) is 9.78 Å². The molecule has 0 aliphatic carbocycles. The topological polar surface area (TPSA) is 95.5 Å². The van der Waals surface area contributed by atoms with Gasteiger partial charge in [0.25, 0.3) is 5.43 Å². The van der Waals surface area contributed by atoms with Gasteiger partial charge in [0.15, 0.2) is 0 Å². The summed E-state index contributed by atoms with van der Waals surface area (Å²) in [5.74, 6) is 0. The van der Waals surface area contributed by atoms with E-state index < -0.39 is 26.3 Å². The number of rotatable bonds is 5. The molecule has 2 aromatic carbocycles. The molecule has 0 unspecified atom stereocenters. The summed E-state index contributed by atoms with van der Waals surface area (Å²) in [5.41, 5.74) is -0.0637. The lowest BCUT2D eigenvalue weighted by atomic mass is 10.1. The van der Waals surface area contributed by atoms with Gasteiger partial charge in [-0.2, -0.15) is 0 Å². The summed E-state index contributed by atoms with van der Waals surface area (Å²) in [4.78, 5) is 27.2. The van der Waals surface area contributed by atoms with Gasteiger partial charge in [0.05, 0.1) is 16.6 Å². The van der Waals surface area contributed by atoms with Gasteiger partial charge in [0.1, 0.15) is 5.69 Å². The molecule has 0 saturated carbocycles. The normalized spacial score (nSPS) is 15.0. The molecular weight excluding hydrogens is 452 g/mol. The lowest BCUT2D eigenvalue weighted by Gasteiger charge is -2.34. The first kappa shape index (κ1) is 22.2. The quantitative estimate of drug-likeness (QED) is 0.573. The van der Waals surface area contributed by atoms with Crippen molar-refractivity contribution in [3.63, 3.8) is 0 Å². The Morgan fingerprint density at radius 1 is 1.03 bits per heavy atom. The summed E-state index contributed by atoms with van der Waals surface area (Å²) < 4.78 is 28.6. The molecule has 1 saturated heterocycles. The Morgan fingerprint density at radius 2 is 1.72 bits per heavy atom. The number of benzene rings is 2. The number of nitrogens with one attached hydrogen (secondary N) is 1. The fourth-order valence-corrected chi connectivity index (χ4v) is 5.76. The summed E-state index contributed by atoms with van der Waals surface area (Å²) in [5, 5.41) is 2.73. The highest BCUT2D eigenvalue weighted by molar-refractivity contribution is 7.93. The highest BCUT2D eigenvalue weighted by Crippen LogP contribution is 2.26. The Hall–Kier alpha value is -3.04. The Bertz CT molecular complexity index is 1330. The van der Waals surface area contributed by atoms with Gasteiger partial charge < -0.3 is 4.90 Å². The monoisotopic (exact) mass is 474 g/mol. The fraction of sp³-hybridized carbons (Fsp3) is 0.273. The van der Waals surface area contributed by atoms with Crippen molar-refractivity contribution in [2.75, 3.05) is 29.3 Å². The van der Waals surface area contributed by atoms with Gasteiger partial charge >= 0.3 is 5.56 Å². The zero-order chi connectivity index (χ0) is 22.9. The van der Waals surface area contributed by atoms with Crippen molar-refractivity contribution in [3.8, 4) is 5.69 Å². The SMILES string of the molecule is CN(c1ccccc1)S(=O)(=O)C1CCN(c2c[nH]n(-c3cccc(Cl)c3)c(=O)c2=O)CC1. The maximum Gasteiger partial charge on any atom is 0.319 e. The Labute approximate surface area is 190 Å². The fourth-order valence-electron chi connectivity index (χ4n) is 3.91. The zero-order valence-corrected chi connectivity index (χ0v) is 19.0. The molecule has 1 aromatic heterocycles. The number of aromatic amines is 1. The third-order valence-electron chi connectivity index (χ3n) is 5.73. The molecule has 168 valence electrons. The molecular formula is C22H23ClN4O4S. The molecule has 32 heavy (non-hydrogen) atoms. The number of halogens is 1. The Morgan fingerprint density at radius 3 is 2.38 bits per heavy atom. The van der Waals surface area contributed by atoms with Crippen LogP contribution in [0, 0.1) is 0 Å². The number of H-pyrrole nitrogens is 1. The second-order valence-electron chi connectivity index (χ2n) is 7.64. The van der Waals surface area contributed by atoms with Crippen molar-refractivity contribution in [3.05, 3.63) is 86.4 Å². The van der Waals surface area contributed by atoms with Gasteiger partial charge in [-0.1, -0.05) is 35.9 Å². The minimum Gasteiger partial charge on any atom is -0.367 e. The molecule has 0 atom stereocenters. The smallest absolute Gasteiger partial charge is 0.319 e. The maximum atomic E-state index is 13.1. The minimum absolute atomic E-state index is 0.237. The first-order valence-corrected chi connectivity index (χ1v) is 12.1. The molecule has 0 spiro atoms. The summed E-state index contributed by atoms with van der Waals surface area (Å²) >= 11 is 5.98. The molecule has 4 rings (SSSR count). The number of sulfonamides is 1. The second kappa shape index (κ2) is 8.84. The molecule has 10 heteroatoms. The number of hydrogen-bond donors (Lipinski definition) is 1. The van der Waals surface area contributed by atoms with Crippen LogP contribution in [0.2, 0.25) is 5.02 Å². The van der Waals surface area contributed by atoms with E-state index >= 15 is 0 Å². The van der Waals surface area contributed by atoms with Crippen LogP contribution in [0.25, 0.3) is 5.69 Å². The lowest BCUT2D eigenvalue weighted by Crippen LogP contribution is -2.47. The van der Waals surface area contributed by atoms with Crippen LogP contribution < -0.4 is 20.2 Å². The summed E-state index contributed by atoms with van der Waals surface area (Å²) in [6.07, 6.45) is 2.20. The standard InChI is InChI=1S/C22H23ClN4O4S/c1-25(17-7-3-2-4-8-17)32(30,31)19-10-12-26(13-11-19)20-15-24-27(22(29)21(20)28)18-9-5-6-16(23)14-18/h2-9,14-15,19,24H,10-13H2,1H3. The predicted molar refractivity (Wildman–Crippen MR) is 127 cm³/mol. The minimum atomic E-state index is -3.54. The summed E-state index contributed by atoms with van der Waals surface area (Å²) in [6, 6.07) is 15.5. The lowest BCUT2D eigenvalue weighted by molar-refractivity contribution is 0.527. The van der Waals surface area contributed by atoms with Crippen LogP contribution in [0.4, 0.5) is 11.4 Å². The first-order chi connectivity index (χ1) is 15.3. The van der Waals surface area contributed by atoms with Crippen molar-refractivity contribution in [2.24, 2.45) is 0 Å². The number of piperidine rings is 1. The molecule has 2 heterocycles. The van der Waals surface area contributed by atoms with E-state index in [2.05, 4.69) is 5.10 Å². The summed E-state index contributed by atoms with van der Waals surface area (Å²) in [6.45, 7) is 0.715. The van der Waals surface area contributed by atoms with Crippen LogP contribution in [0.3, 0.4) is 0 Å². The van der Waals surface area contributed by atoms with Crippen LogP contribution in [0.1, 0.15) is 12.8 Å². The largest absolute Gasteiger partial charge is 0.367 e. The van der Waals surface area contributed by atoms with E-state index in [1.807, 2.05) is 6.07 Å². The molecule has 0 bridgehead atoms. The number of nitrogens with zero attached hydrogens (tertiary/aromatic N) is 3. The predicted octanol–water partition coefficient (Wildman–Crippen LogP) is 2.61. The van der Waals surface area contributed by atoms with E-state index in [-0.39, 0.29) is 5.69 Å². The molecule has 0 amide bonds. The van der Waals surface area contributed by atoms with E-state index in [0.717, 1.165) is 4.68 Å². The van der Waals surface area contributed by atoms with E-state index in [1.165, 1.54) is 10.5 Å². The molecule has 3 aromatic rings. The Kier molecular flexibility index (Phi) is 6.12. The van der Waals surface area contributed by atoms with Gasteiger partial charge in [-0.3, -0.25) is 19.0 Å². The number of anilines is 2. The number of aromatic nitrogens is 2. The molecule has 0 radical (unpaired) electrons. The summed E-state index contributed by atoms with van der Waals surface area (Å²) in [7, 11) is -1.99. The molecule has 1 aliphatic heterocycles. The van der Waals surface area contributed by atoms with Gasteiger partial charge in [-0.05, 0) is 43.2 Å². The van der Waals surface area contributed by atoms with Crippen LogP contribution in [0.15, 0.2) is 70.4 Å².